The second kappa shape index (κ2) is 5.54. The average molecular weight is 309 g/mol. The molecule has 5 heteroatoms. The maximum absolute atomic E-state index is 13.2. The molecule has 21 heavy (non-hydrogen) atoms. The number of rotatable bonds is 2. The van der Waals surface area contributed by atoms with Crippen molar-refractivity contribution in [2.24, 2.45) is 0 Å². The fourth-order valence-corrected chi connectivity index (χ4v) is 2.66. The predicted molar refractivity (Wildman–Crippen MR) is 77.3 cm³/mol. The maximum atomic E-state index is 13.2. The van der Waals surface area contributed by atoms with Crippen molar-refractivity contribution >= 4 is 11.6 Å². The second-order valence-electron chi connectivity index (χ2n) is 4.94. The van der Waals surface area contributed by atoms with Crippen LogP contribution in [0, 0.1) is 5.82 Å². The molecule has 110 valence electrons. The van der Waals surface area contributed by atoms with E-state index in [-0.39, 0.29) is 11.1 Å². The molecule has 0 fully saturated rings. The van der Waals surface area contributed by atoms with E-state index in [1.807, 2.05) is 0 Å². The third-order valence-electron chi connectivity index (χ3n) is 3.60. The summed E-state index contributed by atoms with van der Waals surface area (Å²) in [5.74, 6) is 0.746. The van der Waals surface area contributed by atoms with Gasteiger partial charge in [0.05, 0.1) is 18.2 Å². The second-order valence-corrected chi connectivity index (χ2v) is 5.34. The Morgan fingerprint density at radius 1 is 1.29 bits per heavy atom. The van der Waals surface area contributed by atoms with Crippen molar-refractivity contribution in [1.82, 2.24) is 0 Å². The molecule has 0 spiro atoms. The zero-order valence-corrected chi connectivity index (χ0v) is 12.1. The van der Waals surface area contributed by atoms with Crippen LogP contribution in [0.3, 0.4) is 0 Å². The summed E-state index contributed by atoms with van der Waals surface area (Å²) in [6.07, 6.45) is -0.632. The van der Waals surface area contributed by atoms with Gasteiger partial charge in [-0.05, 0) is 29.8 Å². The molecule has 0 aromatic heterocycles. The van der Waals surface area contributed by atoms with Gasteiger partial charge in [0.15, 0.2) is 0 Å². The Bertz CT molecular complexity index is 675. The standard InChI is InChI=1S/C16H14ClFO3/c1-20-10-3-4-11-14(19)8-15(21-16(11)7-10)9-2-5-13(18)12(17)6-9/h2-7,14-15,19H,8H2,1H3/t14-,15?/m1/s1. The highest BCUT2D eigenvalue weighted by atomic mass is 35.5. The number of methoxy groups -OCH3 is 1. The topological polar surface area (TPSA) is 38.7 Å². The predicted octanol–water partition coefficient (Wildman–Crippen LogP) is 4.04. The minimum absolute atomic E-state index is 0.0435. The summed E-state index contributed by atoms with van der Waals surface area (Å²) in [7, 11) is 1.57. The zero-order valence-electron chi connectivity index (χ0n) is 11.3. The average Bonchev–Trinajstić information content (AvgIpc) is 2.49. The lowest BCUT2D eigenvalue weighted by Gasteiger charge is -2.30. The van der Waals surface area contributed by atoms with Crippen LogP contribution >= 0.6 is 11.6 Å². The molecule has 0 amide bonds. The lowest BCUT2D eigenvalue weighted by molar-refractivity contribution is 0.0654. The molecule has 2 aromatic rings. The van der Waals surface area contributed by atoms with Gasteiger partial charge in [0, 0.05) is 18.1 Å². The number of ether oxygens (including phenoxy) is 2. The molecule has 1 aliphatic rings. The molecule has 2 aromatic carbocycles. The highest BCUT2D eigenvalue weighted by Gasteiger charge is 2.28. The quantitative estimate of drug-likeness (QED) is 0.910. The van der Waals surface area contributed by atoms with Gasteiger partial charge in [-0.25, -0.2) is 4.39 Å². The third-order valence-corrected chi connectivity index (χ3v) is 3.89. The molecule has 3 nitrogen and oxygen atoms in total. The number of hydrogen-bond acceptors (Lipinski definition) is 3. The summed E-state index contributed by atoms with van der Waals surface area (Å²) in [6.45, 7) is 0. The fourth-order valence-electron chi connectivity index (χ4n) is 2.47. The molecule has 1 aliphatic heterocycles. The Morgan fingerprint density at radius 3 is 2.81 bits per heavy atom. The molecule has 0 saturated heterocycles. The minimum atomic E-state index is -0.645. The molecule has 3 rings (SSSR count). The third kappa shape index (κ3) is 2.69. The lowest BCUT2D eigenvalue weighted by Crippen LogP contribution is -2.19. The monoisotopic (exact) mass is 308 g/mol. The van der Waals surface area contributed by atoms with Crippen molar-refractivity contribution in [3.63, 3.8) is 0 Å². The van der Waals surface area contributed by atoms with Gasteiger partial charge in [0.2, 0.25) is 0 Å². The Hall–Kier alpha value is -1.78. The van der Waals surface area contributed by atoms with Crippen molar-refractivity contribution in [2.45, 2.75) is 18.6 Å². The van der Waals surface area contributed by atoms with Crippen LogP contribution in [0.25, 0.3) is 0 Å². The number of benzene rings is 2. The summed E-state index contributed by atoms with van der Waals surface area (Å²) >= 11 is 5.80. The van der Waals surface area contributed by atoms with E-state index >= 15 is 0 Å². The van der Waals surface area contributed by atoms with E-state index in [0.717, 1.165) is 11.1 Å². The largest absolute Gasteiger partial charge is 0.497 e. The summed E-state index contributed by atoms with van der Waals surface area (Å²) < 4.78 is 24.3. The molecule has 0 bridgehead atoms. The van der Waals surface area contributed by atoms with Crippen molar-refractivity contribution in [3.8, 4) is 11.5 Å². The van der Waals surface area contributed by atoms with E-state index in [4.69, 9.17) is 21.1 Å². The van der Waals surface area contributed by atoms with Gasteiger partial charge in [-0.3, -0.25) is 0 Å². The van der Waals surface area contributed by atoms with Crippen LogP contribution < -0.4 is 9.47 Å². The fraction of sp³-hybridized carbons (Fsp3) is 0.250. The number of halogens is 2. The van der Waals surface area contributed by atoms with Crippen LogP contribution in [0.1, 0.15) is 29.8 Å². The lowest BCUT2D eigenvalue weighted by atomic mass is 9.95. The van der Waals surface area contributed by atoms with Gasteiger partial charge in [0.1, 0.15) is 23.4 Å². The van der Waals surface area contributed by atoms with Gasteiger partial charge < -0.3 is 14.6 Å². The van der Waals surface area contributed by atoms with Gasteiger partial charge in [-0.15, -0.1) is 0 Å². The molecule has 1 heterocycles. The smallest absolute Gasteiger partial charge is 0.141 e. The number of aliphatic hydroxyl groups excluding tert-OH is 1. The van der Waals surface area contributed by atoms with Crippen LogP contribution in [0.4, 0.5) is 4.39 Å². The first-order chi connectivity index (χ1) is 10.1. The molecular weight excluding hydrogens is 295 g/mol. The SMILES string of the molecule is COc1ccc2c(c1)OC(c1ccc(F)c(Cl)c1)C[C@H]2O. The Labute approximate surface area is 126 Å². The van der Waals surface area contributed by atoms with E-state index in [2.05, 4.69) is 0 Å². The van der Waals surface area contributed by atoms with Crippen molar-refractivity contribution in [3.05, 3.63) is 58.4 Å². The highest BCUT2D eigenvalue weighted by molar-refractivity contribution is 6.30. The molecular formula is C16H14ClFO3. The minimum Gasteiger partial charge on any atom is -0.497 e. The van der Waals surface area contributed by atoms with Crippen molar-refractivity contribution < 1.29 is 19.0 Å². The Kier molecular flexibility index (Phi) is 3.74. The normalized spacial score (nSPS) is 20.6. The zero-order chi connectivity index (χ0) is 15.0. The number of aliphatic hydroxyl groups is 1. The first kappa shape index (κ1) is 14.2. The number of hydrogen-bond donors (Lipinski definition) is 1. The van der Waals surface area contributed by atoms with E-state index in [9.17, 15) is 9.50 Å². The van der Waals surface area contributed by atoms with Gasteiger partial charge in [-0.2, -0.15) is 0 Å². The van der Waals surface area contributed by atoms with E-state index < -0.39 is 11.9 Å². The maximum Gasteiger partial charge on any atom is 0.141 e. The van der Waals surface area contributed by atoms with Crippen LogP contribution in [0.15, 0.2) is 36.4 Å². The first-order valence-electron chi connectivity index (χ1n) is 6.56. The van der Waals surface area contributed by atoms with E-state index in [0.29, 0.717) is 17.9 Å². The van der Waals surface area contributed by atoms with Gasteiger partial charge >= 0.3 is 0 Å². The van der Waals surface area contributed by atoms with Crippen molar-refractivity contribution in [2.75, 3.05) is 7.11 Å². The number of fused-ring (bicyclic) bond motifs is 1. The molecule has 1 N–H and O–H groups in total. The summed E-state index contributed by atoms with van der Waals surface area (Å²) in [5, 5.41) is 10.3. The molecule has 0 radical (unpaired) electrons. The van der Waals surface area contributed by atoms with E-state index in [1.54, 1.807) is 31.4 Å². The van der Waals surface area contributed by atoms with Crippen LogP contribution in [-0.4, -0.2) is 12.2 Å². The molecule has 0 saturated carbocycles. The Morgan fingerprint density at radius 2 is 2.10 bits per heavy atom. The van der Waals surface area contributed by atoms with Gasteiger partial charge in [0.25, 0.3) is 0 Å². The Balaban J connectivity index is 1.94. The van der Waals surface area contributed by atoms with Gasteiger partial charge in [-0.1, -0.05) is 17.7 Å². The van der Waals surface area contributed by atoms with E-state index in [1.165, 1.54) is 12.1 Å². The summed E-state index contributed by atoms with van der Waals surface area (Å²) in [5.41, 5.74) is 1.45. The summed E-state index contributed by atoms with van der Waals surface area (Å²) in [6, 6.07) is 9.74. The van der Waals surface area contributed by atoms with Crippen LogP contribution in [-0.2, 0) is 0 Å². The molecule has 1 unspecified atom stereocenters. The van der Waals surface area contributed by atoms with Crippen LogP contribution in [0.5, 0.6) is 11.5 Å². The van der Waals surface area contributed by atoms with Crippen LogP contribution in [0.2, 0.25) is 5.02 Å². The molecule has 2 atom stereocenters. The van der Waals surface area contributed by atoms with Crippen molar-refractivity contribution in [1.29, 1.82) is 0 Å². The first-order valence-corrected chi connectivity index (χ1v) is 6.94. The summed E-state index contributed by atoms with van der Waals surface area (Å²) in [4.78, 5) is 0. The molecule has 0 aliphatic carbocycles. The highest BCUT2D eigenvalue weighted by Crippen LogP contribution is 2.42.